The average Bonchev–Trinajstić information content (AvgIpc) is 2.90. The van der Waals surface area contributed by atoms with Gasteiger partial charge in [0.15, 0.2) is 0 Å². The van der Waals surface area contributed by atoms with E-state index in [2.05, 4.69) is 5.16 Å². The summed E-state index contributed by atoms with van der Waals surface area (Å²) in [5.74, 6) is -0.475. The van der Waals surface area contributed by atoms with Gasteiger partial charge in [-0.1, -0.05) is 44.2 Å². The predicted octanol–water partition coefficient (Wildman–Crippen LogP) is 2.46. The molecule has 0 bridgehead atoms. The molecule has 0 saturated heterocycles. The zero-order valence-electron chi connectivity index (χ0n) is 10.5. The van der Waals surface area contributed by atoms with Crippen LogP contribution in [0.1, 0.15) is 19.4 Å². The maximum atomic E-state index is 11.9. The summed E-state index contributed by atoms with van der Waals surface area (Å²) >= 11 is 0. The molecule has 4 heteroatoms. The highest BCUT2D eigenvalue weighted by Crippen LogP contribution is 2.57. The van der Waals surface area contributed by atoms with Crippen molar-refractivity contribution in [3.05, 3.63) is 35.9 Å². The van der Waals surface area contributed by atoms with Crippen LogP contribution in [0.5, 0.6) is 0 Å². The fraction of sp³-hybridized carbons (Fsp3) is 0.429. The van der Waals surface area contributed by atoms with Gasteiger partial charge in [-0.2, -0.15) is 0 Å². The van der Waals surface area contributed by atoms with E-state index in [9.17, 15) is 4.79 Å². The maximum absolute atomic E-state index is 11.9. The van der Waals surface area contributed by atoms with Gasteiger partial charge in [-0.05, 0) is 11.0 Å². The van der Waals surface area contributed by atoms with Crippen molar-refractivity contribution in [2.24, 2.45) is 22.4 Å². The van der Waals surface area contributed by atoms with E-state index in [0.29, 0.717) is 0 Å². The highest BCUT2D eigenvalue weighted by molar-refractivity contribution is 5.85. The molecular weight excluding hydrogens is 230 g/mol. The first-order valence-electron chi connectivity index (χ1n) is 5.95. The monoisotopic (exact) mass is 247 g/mol. The number of ether oxygens (including phenoxy) is 1. The molecule has 1 aliphatic rings. The minimum Gasteiger partial charge on any atom is -0.461 e. The molecule has 1 aromatic carbocycles. The van der Waals surface area contributed by atoms with Crippen LogP contribution in [0.2, 0.25) is 0 Å². The minimum absolute atomic E-state index is 0.0363. The molecule has 0 spiro atoms. The molecule has 0 amide bonds. The van der Waals surface area contributed by atoms with Crippen LogP contribution in [0.3, 0.4) is 0 Å². The number of hydrogen-bond donors (Lipinski definition) is 1. The molecule has 1 saturated carbocycles. The van der Waals surface area contributed by atoms with Gasteiger partial charge in [0.05, 0.1) is 5.92 Å². The third-order valence-corrected chi connectivity index (χ3v) is 3.62. The summed E-state index contributed by atoms with van der Waals surface area (Å²) in [6.45, 7) is 4.22. The Hall–Kier alpha value is -1.84. The normalized spacial score (nSPS) is 25.0. The number of carbonyl (C=O) groups excluding carboxylic acids is 1. The van der Waals surface area contributed by atoms with Gasteiger partial charge in [-0.3, -0.25) is 4.79 Å². The number of benzene rings is 1. The molecule has 0 heterocycles. The van der Waals surface area contributed by atoms with E-state index in [1.807, 2.05) is 44.2 Å². The van der Waals surface area contributed by atoms with Crippen molar-refractivity contribution in [1.82, 2.24) is 0 Å². The highest BCUT2D eigenvalue weighted by atomic mass is 16.5. The van der Waals surface area contributed by atoms with Crippen molar-refractivity contribution in [2.45, 2.75) is 20.5 Å². The number of hydrogen-bond acceptors (Lipinski definition) is 4. The van der Waals surface area contributed by atoms with Gasteiger partial charge < -0.3 is 9.94 Å². The molecule has 0 aliphatic heterocycles. The SMILES string of the molecule is CC1(C)C(/C=N/O)C1C(=O)OCc1ccccc1. The van der Waals surface area contributed by atoms with Crippen LogP contribution in [-0.2, 0) is 16.1 Å². The molecule has 2 atom stereocenters. The summed E-state index contributed by atoms with van der Waals surface area (Å²) in [4.78, 5) is 11.9. The van der Waals surface area contributed by atoms with Crippen molar-refractivity contribution < 1.29 is 14.7 Å². The Morgan fingerprint density at radius 1 is 1.44 bits per heavy atom. The van der Waals surface area contributed by atoms with Crippen molar-refractivity contribution in [2.75, 3.05) is 0 Å². The van der Waals surface area contributed by atoms with Crippen LogP contribution in [0.25, 0.3) is 0 Å². The van der Waals surface area contributed by atoms with Crippen molar-refractivity contribution in [3.63, 3.8) is 0 Å². The lowest BCUT2D eigenvalue weighted by Gasteiger charge is -2.05. The first-order valence-corrected chi connectivity index (χ1v) is 5.95. The van der Waals surface area contributed by atoms with Gasteiger partial charge in [-0.25, -0.2) is 0 Å². The Morgan fingerprint density at radius 2 is 2.11 bits per heavy atom. The Kier molecular flexibility index (Phi) is 3.36. The Balaban J connectivity index is 1.90. The van der Waals surface area contributed by atoms with E-state index in [0.717, 1.165) is 5.56 Å². The third-order valence-electron chi connectivity index (χ3n) is 3.62. The molecule has 2 rings (SSSR count). The number of rotatable bonds is 4. The minimum atomic E-state index is -0.228. The highest BCUT2D eigenvalue weighted by Gasteiger charge is 2.62. The largest absolute Gasteiger partial charge is 0.461 e. The zero-order valence-corrected chi connectivity index (χ0v) is 10.5. The molecule has 0 radical (unpaired) electrons. The van der Waals surface area contributed by atoms with Gasteiger partial charge in [0.25, 0.3) is 0 Å². The van der Waals surface area contributed by atoms with Gasteiger partial charge in [0.2, 0.25) is 0 Å². The van der Waals surface area contributed by atoms with E-state index in [-0.39, 0.29) is 29.8 Å². The predicted molar refractivity (Wildman–Crippen MR) is 67.3 cm³/mol. The van der Waals surface area contributed by atoms with Crippen LogP contribution in [-0.4, -0.2) is 17.4 Å². The van der Waals surface area contributed by atoms with E-state index in [4.69, 9.17) is 9.94 Å². The second kappa shape index (κ2) is 4.80. The summed E-state index contributed by atoms with van der Waals surface area (Å²) < 4.78 is 5.28. The molecule has 96 valence electrons. The number of nitrogens with zero attached hydrogens (tertiary/aromatic N) is 1. The standard InChI is InChI=1S/C14H17NO3/c1-14(2)11(8-15-17)12(14)13(16)18-9-10-6-4-3-5-7-10/h3-8,11-12,17H,9H2,1-2H3/b15-8+. The smallest absolute Gasteiger partial charge is 0.310 e. The van der Waals surface area contributed by atoms with Crippen molar-refractivity contribution >= 4 is 12.2 Å². The second-order valence-electron chi connectivity index (χ2n) is 5.18. The van der Waals surface area contributed by atoms with E-state index in [1.54, 1.807) is 0 Å². The maximum Gasteiger partial charge on any atom is 0.310 e. The first kappa shape index (κ1) is 12.6. The summed E-state index contributed by atoms with van der Waals surface area (Å²) in [7, 11) is 0. The van der Waals surface area contributed by atoms with Crippen LogP contribution in [0, 0.1) is 17.3 Å². The molecule has 4 nitrogen and oxygen atoms in total. The summed E-state index contributed by atoms with van der Waals surface area (Å²) in [6.07, 6.45) is 1.41. The zero-order chi connectivity index (χ0) is 13.2. The molecule has 18 heavy (non-hydrogen) atoms. The topological polar surface area (TPSA) is 58.9 Å². The summed E-state index contributed by atoms with van der Waals surface area (Å²) in [5.41, 5.74) is 0.789. The summed E-state index contributed by atoms with van der Waals surface area (Å²) in [6, 6.07) is 9.57. The van der Waals surface area contributed by atoms with Crippen LogP contribution < -0.4 is 0 Å². The van der Waals surface area contributed by atoms with E-state index in [1.165, 1.54) is 6.21 Å². The van der Waals surface area contributed by atoms with Crippen LogP contribution in [0.4, 0.5) is 0 Å². The lowest BCUT2D eigenvalue weighted by Crippen LogP contribution is -2.10. The lowest BCUT2D eigenvalue weighted by molar-refractivity contribution is -0.147. The first-order chi connectivity index (χ1) is 8.57. The molecule has 1 aliphatic carbocycles. The molecular formula is C14H17NO3. The lowest BCUT2D eigenvalue weighted by atomic mass is 10.1. The average molecular weight is 247 g/mol. The van der Waals surface area contributed by atoms with Crippen molar-refractivity contribution in [3.8, 4) is 0 Å². The number of carbonyl (C=O) groups is 1. The quantitative estimate of drug-likeness (QED) is 0.385. The number of oxime groups is 1. The fourth-order valence-corrected chi connectivity index (χ4v) is 2.30. The van der Waals surface area contributed by atoms with Crippen molar-refractivity contribution in [1.29, 1.82) is 0 Å². The van der Waals surface area contributed by atoms with Gasteiger partial charge in [0, 0.05) is 12.1 Å². The van der Waals surface area contributed by atoms with Gasteiger partial charge >= 0.3 is 5.97 Å². The number of esters is 1. The second-order valence-corrected chi connectivity index (χ2v) is 5.18. The van der Waals surface area contributed by atoms with Crippen LogP contribution in [0.15, 0.2) is 35.5 Å². The molecule has 1 fully saturated rings. The molecule has 2 unspecified atom stereocenters. The summed E-state index contributed by atoms with van der Waals surface area (Å²) in [5, 5.41) is 11.5. The fourth-order valence-electron chi connectivity index (χ4n) is 2.30. The third kappa shape index (κ3) is 2.37. The van der Waals surface area contributed by atoms with E-state index >= 15 is 0 Å². The molecule has 0 aromatic heterocycles. The van der Waals surface area contributed by atoms with Crippen LogP contribution >= 0.6 is 0 Å². The molecule has 1 aromatic rings. The van der Waals surface area contributed by atoms with Gasteiger partial charge in [0.1, 0.15) is 6.61 Å². The van der Waals surface area contributed by atoms with E-state index < -0.39 is 0 Å². The Labute approximate surface area is 106 Å². The van der Waals surface area contributed by atoms with Gasteiger partial charge in [-0.15, -0.1) is 5.16 Å². The Morgan fingerprint density at radius 3 is 2.72 bits per heavy atom. The Bertz CT molecular complexity index is 453. The molecule has 1 N–H and O–H groups in total.